The van der Waals surface area contributed by atoms with Crippen LogP contribution >= 0.6 is 0 Å². The molecule has 0 saturated carbocycles. The van der Waals surface area contributed by atoms with E-state index in [4.69, 9.17) is 4.74 Å². The molecule has 1 nitrogen and oxygen atoms in total. The molecular weight excluding hydrogens is 274 g/mol. The second-order valence-electron chi connectivity index (χ2n) is 4.08. The van der Waals surface area contributed by atoms with Crippen molar-refractivity contribution in [2.45, 2.75) is 20.3 Å². The molecule has 0 bridgehead atoms. The Morgan fingerprint density at radius 1 is 1.28 bits per heavy atom. The summed E-state index contributed by atoms with van der Waals surface area (Å²) in [6, 6.07) is 2.30. The Hall–Kier alpha value is 0.441. The number of benzene rings is 1. The molecule has 0 radical (unpaired) electrons. The van der Waals surface area contributed by atoms with Crippen LogP contribution in [-0.2, 0) is 0 Å². The van der Waals surface area contributed by atoms with E-state index in [1.54, 1.807) is 0 Å². The summed E-state index contributed by atoms with van der Waals surface area (Å²) in [6.45, 7) is -1.26. The third-order valence-electron chi connectivity index (χ3n) is 2.55. The van der Waals surface area contributed by atoms with Crippen molar-refractivity contribution in [2.75, 3.05) is 6.61 Å². The van der Waals surface area contributed by atoms with Crippen LogP contribution in [0.25, 0.3) is 0 Å². The fourth-order valence-electron chi connectivity index (χ4n) is 1.25. The maximum absolute atomic E-state index is 12.9. The van der Waals surface area contributed by atoms with E-state index in [1.165, 1.54) is 0 Å². The smallest absolute Gasteiger partial charge is 0.496 e. The average molecular weight is 288 g/mol. The third-order valence-corrected chi connectivity index (χ3v) is 2.55. The first-order chi connectivity index (χ1) is 7.84. The van der Waals surface area contributed by atoms with Crippen molar-refractivity contribution in [1.82, 2.24) is 0 Å². The zero-order valence-corrected chi connectivity index (χ0v) is 13.8. The molecule has 0 heterocycles. The summed E-state index contributed by atoms with van der Waals surface area (Å²) in [7, 11) is 0. The summed E-state index contributed by atoms with van der Waals surface area (Å²) < 4.78 is 55.9. The van der Waals surface area contributed by atoms with Gasteiger partial charge >= 0.3 is 58.4 Å². The van der Waals surface area contributed by atoms with E-state index >= 15 is 0 Å². The second kappa shape index (κ2) is 7.89. The fraction of sp³-hybridized carbons (Fsp3) is 0.455. The van der Waals surface area contributed by atoms with Crippen LogP contribution in [0.1, 0.15) is 20.3 Å². The van der Waals surface area contributed by atoms with Crippen LogP contribution < -0.4 is 61.6 Å². The second-order valence-corrected chi connectivity index (χ2v) is 4.08. The maximum atomic E-state index is 12.9. The molecule has 7 heteroatoms. The molecule has 18 heavy (non-hydrogen) atoms. The van der Waals surface area contributed by atoms with Crippen molar-refractivity contribution in [3.05, 3.63) is 24.0 Å². The predicted molar refractivity (Wildman–Crippen MR) is 60.1 cm³/mol. The molecule has 1 atom stereocenters. The number of halogens is 4. The van der Waals surface area contributed by atoms with E-state index in [0.29, 0.717) is 0 Å². The molecule has 1 rings (SSSR count). The Labute approximate surface area is 147 Å². The molecule has 0 saturated heterocycles. The van der Waals surface area contributed by atoms with Crippen LogP contribution in [0.2, 0.25) is 0 Å². The van der Waals surface area contributed by atoms with Crippen molar-refractivity contribution in [3.8, 4) is 5.75 Å². The van der Waals surface area contributed by atoms with E-state index < -0.39 is 24.0 Å². The van der Waals surface area contributed by atoms with E-state index in [-0.39, 0.29) is 63.9 Å². The van der Waals surface area contributed by atoms with Crippen LogP contribution in [0.4, 0.5) is 17.3 Å². The summed E-state index contributed by atoms with van der Waals surface area (Å²) >= 11 is 0. The summed E-state index contributed by atoms with van der Waals surface area (Å²) in [6.07, 6.45) is 0.793. The zero-order chi connectivity index (χ0) is 13.1. The molecular formula is C11H14BF4KO. The van der Waals surface area contributed by atoms with E-state index in [2.05, 4.69) is 0 Å². The summed E-state index contributed by atoms with van der Waals surface area (Å²) in [4.78, 5) is 0. The Balaban J connectivity index is 0.00000289. The number of rotatable bonds is 5. The SMILES string of the molecule is CCC(C)COc1cc(F)ccc1[B-](F)(F)F.[K+]. The molecule has 1 aromatic rings. The van der Waals surface area contributed by atoms with Crippen LogP contribution in [0, 0.1) is 11.7 Å². The third kappa shape index (κ3) is 5.61. The molecule has 0 aliphatic rings. The largest absolute Gasteiger partial charge is 1.00 e. The first-order valence-electron chi connectivity index (χ1n) is 5.46. The molecule has 1 unspecified atom stereocenters. The Bertz CT molecular complexity index is 384. The molecule has 1 aromatic carbocycles. The van der Waals surface area contributed by atoms with Gasteiger partial charge in [0.15, 0.2) is 0 Å². The summed E-state index contributed by atoms with van der Waals surface area (Å²) in [5.41, 5.74) is -0.880. The number of hydrogen-bond donors (Lipinski definition) is 0. The summed E-state index contributed by atoms with van der Waals surface area (Å²) in [5, 5.41) is 0. The quantitative estimate of drug-likeness (QED) is 0.560. The first-order valence-corrected chi connectivity index (χ1v) is 5.46. The predicted octanol–water partition coefficient (Wildman–Crippen LogP) is 0.309. The standard InChI is InChI=1S/C11H14BF4O.K/c1-3-8(2)7-17-11-6-9(13)4-5-10(11)12(14,15)16;/h4-6,8H,3,7H2,1-2H3;/q-1;+1. The van der Waals surface area contributed by atoms with Gasteiger partial charge in [0.05, 0.1) is 12.4 Å². The van der Waals surface area contributed by atoms with Crippen LogP contribution in [0.15, 0.2) is 18.2 Å². The van der Waals surface area contributed by atoms with Gasteiger partial charge in [-0.15, -0.1) is 0 Å². The molecule has 0 fully saturated rings. The minimum absolute atomic E-state index is 0. The van der Waals surface area contributed by atoms with Gasteiger partial charge in [0.2, 0.25) is 0 Å². The Morgan fingerprint density at radius 3 is 2.39 bits per heavy atom. The molecule has 0 aliphatic heterocycles. The van der Waals surface area contributed by atoms with E-state index in [1.807, 2.05) is 13.8 Å². The molecule has 0 aromatic heterocycles. The normalized spacial score (nSPS) is 12.8. The molecule has 0 aliphatic carbocycles. The van der Waals surface area contributed by atoms with Gasteiger partial charge in [0.1, 0.15) is 5.82 Å². The number of hydrogen-bond acceptors (Lipinski definition) is 1. The van der Waals surface area contributed by atoms with Crippen LogP contribution in [0.5, 0.6) is 5.75 Å². The van der Waals surface area contributed by atoms with Crippen molar-refractivity contribution < 1.29 is 73.5 Å². The maximum Gasteiger partial charge on any atom is 1.00 e. The first kappa shape index (κ1) is 18.4. The van der Waals surface area contributed by atoms with Crippen molar-refractivity contribution in [3.63, 3.8) is 0 Å². The molecule has 0 spiro atoms. The summed E-state index contributed by atoms with van der Waals surface area (Å²) in [5.74, 6) is -1.02. The van der Waals surface area contributed by atoms with Gasteiger partial charge in [-0.3, -0.25) is 0 Å². The van der Waals surface area contributed by atoms with Gasteiger partial charge < -0.3 is 17.7 Å². The van der Waals surface area contributed by atoms with Gasteiger partial charge in [-0.25, -0.2) is 4.39 Å². The Morgan fingerprint density at radius 2 is 1.89 bits per heavy atom. The fourth-order valence-corrected chi connectivity index (χ4v) is 1.25. The minimum Gasteiger partial charge on any atom is -0.496 e. The van der Waals surface area contributed by atoms with Gasteiger partial charge in [-0.2, -0.15) is 0 Å². The van der Waals surface area contributed by atoms with Gasteiger partial charge in [0, 0.05) is 6.07 Å². The molecule has 0 amide bonds. The molecule has 96 valence electrons. The van der Waals surface area contributed by atoms with Gasteiger partial charge in [-0.05, 0) is 12.0 Å². The monoisotopic (exact) mass is 288 g/mol. The van der Waals surface area contributed by atoms with Gasteiger partial charge in [-0.1, -0.05) is 31.8 Å². The van der Waals surface area contributed by atoms with Crippen molar-refractivity contribution in [1.29, 1.82) is 0 Å². The Kier molecular flexibility index (Phi) is 8.09. The van der Waals surface area contributed by atoms with Crippen LogP contribution in [0.3, 0.4) is 0 Å². The van der Waals surface area contributed by atoms with Crippen molar-refractivity contribution in [2.24, 2.45) is 5.92 Å². The van der Waals surface area contributed by atoms with E-state index in [9.17, 15) is 17.3 Å². The minimum atomic E-state index is -5.18. The van der Waals surface area contributed by atoms with E-state index in [0.717, 1.165) is 24.6 Å². The number of ether oxygens (including phenoxy) is 1. The molecule has 0 N–H and O–H groups in total. The van der Waals surface area contributed by atoms with Gasteiger partial charge in [0.25, 0.3) is 0 Å². The zero-order valence-electron chi connectivity index (χ0n) is 10.7. The van der Waals surface area contributed by atoms with Crippen LogP contribution in [-0.4, -0.2) is 13.6 Å². The topological polar surface area (TPSA) is 9.23 Å². The average Bonchev–Trinajstić information content (AvgIpc) is 2.24. The van der Waals surface area contributed by atoms with Crippen molar-refractivity contribution >= 4 is 12.4 Å².